The number of esters is 1. The molecule has 0 saturated carbocycles. The highest BCUT2D eigenvalue weighted by molar-refractivity contribution is 6.10. The van der Waals surface area contributed by atoms with E-state index in [1.54, 1.807) is 43.3 Å². The normalized spacial score (nSPS) is 22.0. The predicted octanol–water partition coefficient (Wildman–Crippen LogP) is 2.55. The first kappa shape index (κ1) is 15.8. The summed E-state index contributed by atoms with van der Waals surface area (Å²) in [6.07, 6.45) is 0.164. The van der Waals surface area contributed by atoms with Crippen molar-refractivity contribution in [3.63, 3.8) is 0 Å². The van der Waals surface area contributed by atoms with Crippen LogP contribution in [-0.2, 0) is 15.3 Å². The lowest BCUT2D eigenvalue weighted by atomic mass is 9.91. The summed E-state index contributed by atoms with van der Waals surface area (Å²) >= 11 is 0. The average Bonchev–Trinajstić information content (AvgIpc) is 2.84. The van der Waals surface area contributed by atoms with Crippen LogP contribution in [-0.4, -0.2) is 11.7 Å². The number of hydrogen-bond acceptors (Lipinski definition) is 7. The highest BCUT2D eigenvalue weighted by Gasteiger charge is 2.47. The third kappa shape index (κ3) is 3.05. The van der Waals surface area contributed by atoms with Crippen molar-refractivity contribution in [3.05, 3.63) is 40.3 Å². The molecular weight excluding hydrogens is 298 g/mol. The predicted molar refractivity (Wildman–Crippen MR) is 79.4 cm³/mol. The van der Waals surface area contributed by atoms with E-state index >= 15 is 0 Å². The summed E-state index contributed by atoms with van der Waals surface area (Å²) in [6, 6.07) is 9.72. The number of rotatable bonds is 4. The molecule has 23 heavy (non-hydrogen) atoms. The van der Waals surface area contributed by atoms with Gasteiger partial charge in [0.2, 0.25) is 11.4 Å². The van der Waals surface area contributed by atoms with E-state index in [1.807, 2.05) is 0 Å². The first-order valence-corrected chi connectivity index (χ1v) is 6.58. The van der Waals surface area contributed by atoms with Crippen molar-refractivity contribution >= 4 is 17.4 Å². The lowest BCUT2D eigenvalue weighted by molar-refractivity contribution is -0.149. The molecule has 1 aromatic carbocycles. The van der Waals surface area contributed by atoms with Crippen LogP contribution in [0.1, 0.15) is 18.9 Å². The fourth-order valence-corrected chi connectivity index (χ4v) is 2.27. The minimum Gasteiger partial charge on any atom is -0.448 e. The lowest BCUT2D eigenvalue weighted by Gasteiger charge is -2.26. The van der Waals surface area contributed by atoms with Crippen LogP contribution in [0, 0.1) is 28.6 Å². The third-order valence-corrected chi connectivity index (χ3v) is 3.41. The van der Waals surface area contributed by atoms with Gasteiger partial charge in [-0.25, -0.2) is 0 Å². The number of carbonyl (C=O) groups is 1. The van der Waals surface area contributed by atoms with Crippen LogP contribution in [0.5, 0.6) is 0 Å². The molecule has 0 unspecified atom stereocenters. The Hall–Kier alpha value is -3.55. The van der Waals surface area contributed by atoms with E-state index in [-0.39, 0.29) is 18.1 Å². The Balaban J connectivity index is 2.30. The number of ether oxygens (including phenoxy) is 1. The third-order valence-electron chi connectivity index (χ3n) is 3.41. The van der Waals surface area contributed by atoms with Crippen molar-refractivity contribution in [2.45, 2.75) is 19.1 Å². The Bertz CT molecular complexity index is 765. The van der Waals surface area contributed by atoms with Crippen molar-refractivity contribution in [2.75, 3.05) is 5.43 Å². The minimum absolute atomic E-state index is 0.164. The maximum Gasteiger partial charge on any atom is 0.307 e. The maximum atomic E-state index is 11.5. The van der Waals surface area contributed by atoms with Gasteiger partial charge < -0.3 is 4.74 Å². The second-order valence-electron chi connectivity index (χ2n) is 4.84. The SMILES string of the molecule is C[C@@H]1CC(=O)O[C@@]1(N=[N+]=[N-])c1ccc(NN=C(C#N)C#N)cc1. The molecule has 0 aliphatic carbocycles. The van der Waals surface area contributed by atoms with Gasteiger partial charge in [0.25, 0.3) is 0 Å². The Labute approximate surface area is 131 Å². The minimum atomic E-state index is -1.36. The van der Waals surface area contributed by atoms with E-state index < -0.39 is 11.7 Å². The summed E-state index contributed by atoms with van der Waals surface area (Å²) in [5, 5.41) is 24.5. The topological polar surface area (TPSA) is 147 Å². The smallest absolute Gasteiger partial charge is 0.307 e. The molecule has 0 aromatic heterocycles. The molecule has 9 heteroatoms. The summed E-state index contributed by atoms with van der Waals surface area (Å²) in [5.74, 6) is -0.726. The molecular formula is C14H11N7O2. The zero-order valence-corrected chi connectivity index (χ0v) is 12.1. The quantitative estimate of drug-likeness (QED) is 0.226. The largest absolute Gasteiger partial charge is 0.448 e. The van der Waals surface area contributed by atoms with Gasteiger partial charge in [0.1, 0.15) is 12.1 Å². The fraction of sp³-hybridized carbons (Fsp3) is 0.286. The van der Waals surface area contributed by atoms with Crippen molar-refractivity contribution in [3.8, 4) is 12.1 Å². The van der Waals surface area contributed by atoms with Crippen molar-refractivity contribution in [1.82, 2.24) is 0 Å². The number of nitrogens with zero attached hydrogens (tertiary/aromatic N) is 6. The molecule has 0 spiro atoms. The second kappa shape index (κ2) is 6.48. The monoisotopic (exact) mass is 309 g/mol. The molecule has 1 heterocycles. The zero-order valence-electron chi connectivity index (χ0n) is 12.1. The highest BCUT2D eigenvalue weighted by Crippen LogP contribution is 2.43. The first-order valence-electron chi connectivity index (χ1n) is 6.58. The summed E-state index contributed by atoms with van der Waals surface area (Å²) < 4.78 is 5.27. The van der Waals surface area contributed by atoms with Crippen molar-refractivity contribution in [1.29, 1.82) is 10.5 Å². The number of nitriles is 2. The first-order chi connectivity index (χ1) is 11.1. The summed E-state index contributed by atoms with van der Waals surface area (Å²) in [6.45, 7) is 1.77. The van der Waals surface area contributed by atoms with Gasteiger partial charge in [0, 0.05) is 16.4 Å². The lowest BCUT2D eigenvalue weighted by Crippen LogP contribution is -2.28. The molecule has 0 radical (unpaired) electrons. The fourth-order valence-electron chi connectivity index (χ4n) is 2.27. The number of benzene rings is 1. The van der Waals surface area contributed by atoms with E-state index in [9.17, 15) is 4.79 Å². The molecule has 9 nitrogen and oxygen atoms in total. The Morgan fingerprint density at radius 2 is 2.09 bits per heavy atom. The van der Waals surface area contributed by atoms with E-state index in [1.165, 1.54) is 0 Å². The van der Waals surface area contributed by atoms with Crippen molar-refractivity contribution in [2.24, 2.45) is 16.1 Å². The highest BCUT2D eigenvalue weighted by atomic mass is 16.6. The molecule has 2 atom stereocenters. The summed E-state index contributed by atoms with van der Waals surface area (Å²) in [7, 11) is 0. The molecule has 0 bridgehead atoms. The van der Waals surface area contributed by atoms with Crippen LogP contribution in [0.25, 0.3) is 10.4 Å². The number of cyclic esters (lactones) is 1. The Morgan fingerprint density at radius 1 is 1.43 bits per heavy atom. The van der Waals surface area contributed by atoms with E-state index in [2.05, 4.69) is 20.6 Å². The molecule has 0 amide bonds. The van der Waals surface area contributed by atoms with Gasteiger partial charge in [0.15, 0.2) is 0 Å². The molecule has 1 aliphatic heterocycles. The van der Waals surface area contributed by atoms with Crippen LogP contribution in [0.4, 0.5) is 5.69 Å². The van der Waals surface area contributed by atoms with Gasteiger partial charge in [-0.3, -0.25) is 10.2 Å². The van der Waals surface area contributed by atoms with Crippen LogP contribution in [0.3, 0.4) is 0 Å². The van der Waals surface area contributed by atoms with Crippen LogP contribution < -0.4 is 5.43 Å². The molecule has 1 aromatic rings. The molecule has 2 rings (SSSR count). The van der Waals surface area contributed by atoms with Crippen LogP contribution in [0.2, 0.25) is 0 Å². The van der Waals surface area contributed by atoms with Crippen LogP contribution >= 0.6 is 0 Å². The van der Waals surface area contributed by atoms with E-state index in [0.717, 1.165) is 0 Å². The number of hydrazone groups is 1. The number of hydrogen-bond donors (Lipinski definition) is 1. The molecule has 1 aliphatic rings. The van der Waals surface area contributed by atoms with Crippen LogP contribution in [0.15, 0.2) is 34.5 Å². The van der Waals surface area contributed by atoms with Gasteiger partial charge >= 0.3 is 5.97 Å². The molecule has 1 saturated heterocycles. The van der Waals surface area contributed by atoms with Gasteiger partial charge in [-0.2, -0.15) is 15.6 Å². The molecule has 1 N–H and O–H groups in total. The number of azide groups is 1. The Kier molecular flexibility index (Phi) is 4.46. The second-order valence-corrected chi connectivity index (χ2v) is 4.84. The maximum absolute atomic E-state index is 11.5. The number of anilines is 1. The van der Waals surface area contributed by atoms with Gasteiger partial charge in [-0.05, 0) is 22.8 Å². The Morgan fingerprint density at radius 3 is 2.57 bits per heavy atom. The van der Waals surface area contributed by atoms with Gasteiger partial charge in [-0.1, -0.05) is 19.1 Å². The molecule has 114 valence electrons. The zero-order chi connectivity index (χ0) is 16.9. The number of nitrogens with one attached hydrogen (secondary N) is 1. The summed E-state index contributed by atoms with van der Waals surface area (Å²) in [5.41, 5.74) is 10.7. The van der Waals surface area contributed by atoms with E-state index in [4.69, 9.17) is 20.8 Å². The summed E-state index contributed by atoms with van der Waals surface area (Å²) in [4.78, 5) is 14.3. The average molecular weight is 309 g/mol. The van der Waals surface area contributed by atoms with Gasteiger partial charge in [-0.15, -0.1) is 0 Å². The standard InChI is InChI=1S/C14H11N7O2/c1-9-6-13(22)23-14(9,20-21-17)10-2-4-11(5-3-10)18-19-12(7-15)8-16/h2-5,9,18H,6H2,1H3/t9-,14-/m1/s1. The number of carbonyl (C=O) groups excluding carboxylic acids is 1. The van der Waals surface area contributed by atoms with Crippen molar-refractivity contribution < 1.29 is 9.53 Å². The molecule has 1 fully saturated rings. The van der Waals surface area contributed by atoms with E-state index in [0.29, 0.717) is 11.3 Å². The van der Waals surface area contributed by atoms with Gasteiger partial charge in [0.05, 0.1) is 12.1 Å².